The van der Waals surface area contributed by atoms with Crippen LogP contribution in [0.1, 0.15) is 29.3 Å². The predicted octanol–water partition coefficient (Wildman–Crippen LogP) is 4.48. The maximum absolute atomic E-state index is 12.9. The number of nitrogens with zero attached hydrogens (tertiary/aromatic N) is 3. The summed E-state index contributed by atoms with van der Waals surface area (Å²) >= 11 is 0. The molecule has 0 atom stereocenters. The van der Waals surface area contributed by atoms with E-state index in [4.69, 9.17) is 4.98 Å². The van der Waals surface area contributed by atoms with E-state index in [2.05, 4.69) is 65.3 Å². The first-order valence-electron chi connectivity index (χ1n) is 11.6. The van der Waals surface area contributed by atoms with E-state index >= 15 is 0 Å². The number of benzene rings is 3. The van der Waals surface area contributed by atoms with Gasteiger partial charge in [0.05, 0.1) is 11.0 Å². The number of likely N-dealkylation sites (N-methyl/N-ethyl adjacent to an activating group) is 1. The molecule has 1 aromatic heterocycles. The van der Waals surface area contributed by atoms with Crippen molar-refractivity contribution < 1.29 is 4.79 Å². The summed E-state index contributed by atoms with van der Waals surface area (Å²) in [6.07, 6.45) is 1.13. The molecule has 33 heavy (non-hydrogen) atoms. The molecule has 0 aliphatic carbocycles. The molecular weight excluding hydrogens is 408 g/mol. The average Bonchev–Trinajstić information content (AvgIpc) is 3.19. The van der Waals surface area contributed by atoms with Crippen molar-refractivity contribution >= 4 is 16.9 Å². The number of hydrogen-bond acceptors (Lipinski definition) is 3. The molecule has 0 aliphatic heterocycles. The maximum atomic E-state index is 12.9. The Morgan fingerprint density at radius 1 is 0.909 bits per heavy atom. The number of nitrogens with one attached hydrogen (secondary N) is 1. The molecule has 0 fully saturated rings. The van der Waals surface area contributed by atoms with E-state index in [1.807, 2.05) is 48.5 Å². The zero-order chi connectivity index (χ0) is 23.0. The number of amides is 1. The molecule has 0 radical (unpaired) electrons. The van der Waals surface area contributed by atoms with E-state index in [9.17, 15) is 4.79 Å². The molecule has 5 heteroatoms. The molecule has 0 saturated heterocycles. The Labute approximate surface area is 196 Å². The summed E-state index contributed by atoms with van der Waals surface area (Å²) in [5.41, 5.74) is 4.47. The fourth-order valence-electron chi connectivity index (χ4n) is 4.24. The van der Waals surface area contributed by atoms with Gasteiger partial charge in [0, 0.05) is 38.4 Å². The highest BCUT2D eigenvalue weighted by Crippen LogP contribution is 2.27. The number of fused-ring (bicyclic) bond motifs is 1. The van der Waals surface area contributed by atoms with Crippen LogP contribution in [-0.4, -0.2) is 47.5 Å². The predicted molar refractivity (Wildman–Crippen MR) is 134 cm³/mol. The van der Waals surface area contributed by atoms with Crippen molar-refractivity contribution in [2.75, 3.05) is 27.2 Å². The molecule has 4 aromatic rings. The smallest absolute Gasteiger partial charge is 0.220 e. The van der Waals surface area contributed by atoms with E-state index < -0.39 is 0 Å². The molecule has 3 aromatic carbocycles. The molecule has 0 saturated carbocycles. The highest BCUT2D eigenvalue weighted by atomic mass is 16.1. The van der Waals surface area contributed by atoms with Gasteiger partial charge in [-0.15, -0.1) is 0 Å². The molecule has 0 bridgehead atoms. The van der Waals surface area contributed by atoms with Gasteiger partial charge < -0.3 is 14.8 Å². The van der Waals surface area contributed by atoms with Gasteiger partial charge in [0.1, 0.15) is 5.82 Å². The summed E-state index contributed by atoms with van der Waals surface area (Å²) in [4.78, 5) is 19.9. The second-order valence-corrected chi connectivity index (χ2v) is 8.65. The van der Waals surface area contributed by atoms with Crippen molar-refractivity contribution in [3.8, 4) is 0 Å². The first-order chi connectivity index (χ1) is 16.1. The number of aromatic nitrogens is 2. The Bertz CT molecular complexity index is 1130. The molecule has 170 valence electrons. The van der Waals surface area contributed by atoms with Crippen molar-refractivity contribution in [2.45, 2.75) is 25.3 Å². The lowest BCUT2D eigenvalue weighted by Crippen LogP contribution is -2.28. The molecule has 0 spiro atoms. The van der Waals surface area contributed by atoms with Crippen LogP contribution in [0.3, 0.4) is 0 Å². The van der Waals surface area contributed by atoms with Crippen LogP contribution in [0.5, 0.6) is 0 Å². The molecule has 4 rings (SSSR count). The topological polar surface area (TPSA) is 50.2 Å². The average molecular weight is 441 g/mol. The highest BCUT2D eigenvalue weighted by molar-refractivity contribution is 5.78. The van der Waals surface area contributed by atoms with Crippen molar-refractivity contribution in [1.82, 2.24) is 19.8 Å². The third-order valence-electron chi connectivity index (χ3n) is 5.97. The first kappa shape index (κ1) is 22.7. The number of para-hydroxylation sites is 2. The van der Waals surface area contributed by atoms with E-state index in [-0.39, 0.29) is 11.8 Å². The highest BCUT2D eigenvalue weighted by Gasteiger charge is 2.18. The zero-order valence-corrected chi connectivity index (χ0v) is 19.4. The van der Waals surface area contributed by atoms with E-state index in [1.54, 1.807) is 0 Å². The summed E-state index contributed by atoms with van der Waals surface area (Å²) in [5, 5.41) is 3.13. The van der Waals surface area contributed by atoms with Crippen LogP contribution < -0.4 is 5.32 Å². The van der Waals surface area contributed by atoms with Gasteiger partial charge >= 0.3 is 0 Å². The van der Waals surface area contributed by atoms with Gasteiger partial charge in [-0.05, 0) is 37.4 Å². The summed E-state index contributed by atoms with van der Waals surface area (Å²) in [5.74, 6) is 1.11. The van der Waals surface area contributed by atoms with Crippen LogP contribution in [0.4, 0.5) is 0 Å². The van der Waals surface area contributed by atoms with Crippen molar-refractivity contribution in [3.63, 3.8) is 0 Å². The van der Waals surface area contributed by atoms with E-state index in [0.717, 1.165) is 41.1 Å². The third kappa shape index (κ3) is 5.88. The minimum absolute atomic E-state index is 0.0389. The van der Waals surface area contributed by atoms with Crippen LogP contribution in [0, 0.1) is 0 Å². The lowest BCUT2D eigenvalue weighted by molar-refractivity contribution is -0.121. The molecular formula is C28H32N4O. The Hall–Kier alpha value is -3.44. The lowest BCUT2D eigenvalue weighted by Gasteiger charge is -2.18. The summed E-state index contributed by atoms with van der Waals surface area (Å²) in [6.45, 7) is 2.39. The van der Waals surface area contributed by atoms with Crippen LogP contribution in [0.25, 0.3) is 11.0 Å². The van der Waals surface area contributed by atoms with Crippen LogP contribution in [0.15, 0.2) is 84.9 Å². The van der Waals surface area contributed by atoms with Crippen molar-refractivity contribution in [3.05, 3.63) is 102 Å². The number of hydrogen-bond donors (Lipinski definition) is 1. The first-order valence-corrected chi connectivity index (χ1v) is 11.6. The largest absolute Gasteiger partial charge is 0.356 e. The minimum Gasteiger partial charge on any atom is -0.356 e. The summed E-state index contributed by atoms with van der Waals surface area (Å²) in [6, 6.07) is 28.7. The number of carbonyl (C=O) groups is 1. The number of rotatable bonds is 10. The summed E-state index contributed by atoms with van der Waals surface area (Å²) < 4.78 is 2.28. The van der Waals surface area contributed by atoms with Crippen LogP contribution in [0.2, 0.25) is 0 Å². The standard InChI is InChI=1S/C28H32N4O/c1-31(2)19-20-32-26-16-10-9-15-25(26)30-27(32)17-18-29-28(33)21-24(22-11-5-3-6-12-22)23-13-7-4-8-14-23/h3-16,24H,17-21H2,1-2H3,(H,29,33). The number of imidazole rings is 1. The van der Waals surface area contributed by atoms with Gasteiger partial charge in [0.25, 0.3) is 0 Å². The third-order valence-corrected chi connectivity index (χ3v) is 5.97. The van der Waals surface area contributed by atoms with Gasteiger partial charge in [-0.1, -0.05) is 72.8 Å². The maximum Gasteiger partial charge on any atom is 0.220 e. The van der Waals surface area contributed by atoms with Crippen LogP contribution in [-0.2, 0) is 17.8 Å². The Balaban J connectivity index is 1.42. The molecule has 1 N–H and O–H groups in total. The molecule has 1 amide bonds. The van der Waals surface area contributed by atoms with Crippen molar-refractivity contribution in [2.24, 2.45) is 0 Å². The molecule has 0 unspecified atom stereocenters. The van der Waals surface area contributed by atoms with Crippen LogP contribution >= 0.6 is 0 Å². The minimum atomic E-state index is 0.0389. The second kappa shape index (κ2) is 10.9. The van der Waals surface area contributed by atoms with E-state index in [1.165, 1.54) is 0 Å². The zero-order valence-electron chi connectivity index (χ0n) is 19.4. The normalized spacial score (nSPS) is 11.4. The Morgan fingerprint density at radius 2 is 1.52 bits per heavy atom. The molecule has 1 heterocycles. The van der Waals surface area contributed by atoms with Gasteiger partial charge in [-0.2, -0.15) is 0 Å². The fraction of sp³-hybridized carbons (Fsp3) is 0.286. The number of carbonyl (C=O) groups excluding carboxylic acids is 1. The Morgan fingerprint density at radius 3 is 2.15 bits per heavy atom. The van der Waals surface area contributed by atoms with Gasteiger partial charge in [-0.3, -0.25) is 4.79 Å². The Kier molecular flexibility index (Phi) is 7.53. The lowest BCUT2D eigenvalue weighted by atomic mass is 9.88. The fourth-order valence-corrected chi connectivity index (χ4v) is 4.24. The van der Waals surface area contributed by atoms with E-state index in [0.29, 0.717) is 19.4 Å². The van der Waals surface area contributed by atoms with Crippen molar-refractivity contribution in [1.29, 1.82) is 0 Å². The van der Waals surface area contributed by atoms with Gasteiger partial charge in [0.15, 0.2) is 0 Å². The second-order valence-electron chi connectivity index (χ2n) is 8.65. The van der Waals surface area contributed by atoms with Gasteiger partial charge in [0.2, 0.25) is 5.91 Å². The molecule has 5 nitrogen and oxygen atoms in total. The SMILES string of the molecule is CN(C)CCn1c(CCNC(=O)CC(c2ccccc2)c2ccccc2)nc2ccccc21. The monoisotopic (exact) mass is 440 g/mol. The quantitative estimate of drug-likeness (QED) is 0.396. The van der Waals surface area contributed by atoms with Gasteiger partial charge in [-0.25, -0.2) is 4.98 Å². The summed E-state index contributed by atoms with van der Waals surface area (Å²) in [7, 11) is 4.16. The molecule has 0 aliphatic rings.